The Morgan fingerprint density at radius 3 is 2.62 bits per heavy atom. The van der Waals surface area contributed by atoms with E-state index in [0.717, 1.165) is 25.9 Å². The van der Waals surface area contributed by atoms with Gasteiger partial charge in [-0.1, -0.05) is 0 Å². The van der Waals surface area contributed by atoms with E-state index in [9.17, 15) is 9.18 Å². The quantitative estimate of drug-likeness (QED) is 0.695. The lowest BCUT2D eigenvalue weighted by molar-refractivity contribution is -0.138. The van der Waals surface area contributed by atoms with Crippen molar-refractivity contribution in [1.29, 1.82) is 0 Å². The Morgan fingerprint density at radius 1 is 1.54 bits per heavy atom. The number of carboxylic acids is 1. The van der Waals surface area contributed by atoms with E-state index >= 15 is 0 Å². The Morgan fingerprint density at radius 2 is 2.15 bits per heavy atom. The minimum absolute atomic E-state index is 0.0266. The summed E-state index contributed by atoms with van der Waals surface area (Å²) < 4.78 is 12.5. The van der Waals surface area contributed by atoms with Crippen LogP contribution in [0, 0.1) is 11.8 Å². The molecule has 0 spiro atoms. The maximum atomic E-state index is 12.5. The molecule has 1 unspecified atom stereocenters. The molecule has 4 heteroatoms. The van der Waals surface area contributed by atoms with Crippen LogP contribution in [0.2, 0.25) is 0 Å². The molecular weight excluding hydrogens is 173 g/mol. The molecule has 1 rings (SSSR count). The van der Waals surface area contributed by atoms with Crippen LogP contribution in [0.5, 0.6) is 0 Å². The summed E-state index contributed by atoms with van der Waals surface area (Å²) in [7, 11) is 0. The predicted octanol–water partition coefficient (Wildman–Crippen LogP) is 1.05. The van der Waals surface area contributed by atoms with Crippen LogP contribution in [0.4, 0.5) is 4.39 Å². The van der Waals surface area contributed by atoms with Crippen molar-refractivity contribution < 1.29 is 14.3 Å². The average Bonchev–Trinajstić information content (AvgIpc) is 2.15. The van der Waals surface area contributed by atoms with Gasteiger partial charge in [0.25, 0.3) is 0 Å². The Labute approximate surface area is 77.3 Å². The van der Waals surface area contributed by atoms with E-state index in [1.807, 2.05) is 0 Å². The van der Waals surface area contributed by atoms with Gasteiger partial charge in [-0.15, -0.1) is 0 Å². The van der Waals surface area contributed by atoms with Crippen LogP contribution in [0.1, 0.15) is 19.3 Å². The van der Waals surface area contributed by atoms with Crippen LogP contribution >= 0.6 is 0 Å². The van der Waals surface area contributed by atoms with E-state index in [0.29, 0.717) is 0 Å². The normalized spacial score (nSPS) is 21.3. The van der Waals surface area contributed by atoms with Crippen molar-refractivity contribution in [3.8, 4) is 0 Å². The smallest absolute Gasteiger partial charge is 0.303 e. The van der Waals surface area contributed by atoms with Crippen molar-refractivity contribution in [2.45, 2.75) is 19.3 Å². The van der Waals surface area contributed by atoms with Crippen molar-refractivity contribution in [2.75, 3.05) is 19.8 Å². The van der Waals surface area contributed by atoms with Gasteiger partial charge in [-0.25, -0.2) is 0 Å². The van der Waals surface area contributed by atoms with Crippen molar-refractivity contribution in [3.63, 3.8) is 0 Å². The van der Waals surface area contributed by atoms with Crippen molar-refractivity contribution in [1.82, 2.24) is 5.32 Å². The van der Waals surface area contributed by atoms with Crippen LogP contribution in [0.15, 0.2) is 0 Å². The highest BCUT2D eigenvalue weighted by atomic mass is 19.1. The molecule has 0 aromatic heterocycles. The Balaban J connectivity index is 2.39. The Hall–Kier alpha value is -0.640. The number of carboxylic acid groups (broad SMARTS) is 1. The summed E-state index contributed by atoms with van der Waals surface area (Å²) in [5.74, 6) is -0.914. The zero-order chi connectivity index (χ0) is 9.68. The molecule has 0 aromatic rings. The van der Waals surface area contributed by atoms with Crippen molar-refractivity contribution in [3.05, 3.63) is 0 Å². The molecule has 1 saturated heterocycles. The number of hydrogen-bond donors (Lipinski definition) is 2. The molecule has 3 nitrogen and oxygen atoms in total. The second-order valence-electron chi connectivity index (χ2n) is 3.60. The first-order valence-corrected chi connectivity index (χ1v) is 4.72. The number of alkyl halides is 1. The third-order valence-corrected chi connectivity index (χ3v) is 2.69. The van der Waals surface area contributed by atoms with Crippen LogP contribution in [-0.4, -0.2) is 30.8 Å². The minimum atomic E-state index is -0.888. The first-order valence-electron chi connectivity index (χ1n) is 4.72. The summed E-state index contributed by atoms with van der Waals surface area (Å²) in [6.45, 7) is 1.28. The molecule has 1 aliphatic rings. The fourth-order valence-electron chi connectivity index (χ4n) is 1.89. The van der Waals surface area contributed by atoms with E-state index in [2.05, 4.69) is 5.32 Å². The van der Waals surface area contributed by atoms with Crippen LogP contribution in [0.3, 0.4) is 0 Å². The number of carbonyl (C=O) groups is 1. The number of halogens is 1. The number of hydrogen-bond acceptors (Lipinski definition) is 2. The topological polar surface area (TPSA) is 49.3 Å². The van der Waals surface area contributed by atoms with Crippen molar-refractivity contribution in [2.24, 2.45) is 11.8 Å². The van der Waals surface area contributed by atoms with Gasteiger partial charge >= 0.3 is 5.97 Å². The standard InChI is InChI=1S/C9H16FNO2/c10-6-8(5-9(12)13)7-1-3-11-4-2-7/h7-8,11H,1-6H2,(H,12,13). The second-order valence-corrected chi connectivity index (χ2v) is 3.60. The molecule has 0 bridgehead atoms. The van der Waals surface area contributed by atoms with E-state index < -0.39 is 12.6 Å². The number of nitrogens with one attached hydrogen (secondary N) is 1. The maximum Gasteiger partial charge on any atom is 0.303 e. The fourth-order valence-corrected chi connectivity index (χ4v) is 1.89. The van der Waals surface area contributed by atoms with Crippen LogP contribution in [0.25, 0.3) is 0 Å². The van der Waals surface area contributed by atoms with E-state index in [4.69, 9.17) is 5.11 Å². The largest absolute Gasteiger partial charge is 0.481 e. The lowest BCUT2D eigenvalue weighted by atomic mass is 9.84. The van der Waals surface area contributed by atoms with Gasteiger partial charge in [0.15, 0.2) is 0 Å². The molecule has 0 aromatic carbocycles. The lowest BCUT2D eigenvalue weighted by Crippen LogP contribution is -2.33. The molecule has 0 saturated carbocycles. The predicted molar refractivity (Wildman–Crippen MR) is 47.3 cm³/mol. The number of piperidine rings is 1. The molecule has 2 N–H and O–H groups in total. The first kappa shape index (κ1) is 10.4. The summed E-state index contributed by atoms with van der Waals surface area (Å²) >= 11 is 0. The van der Waals surface area contributed by atoms with Gasteiger partial charge < -0.3 is 10.4 Å². The highest BCUT2D eigenvalue weighted by Gasteiger charge is 2.25. The zero-order valence-corrected chi connectivity index (χ0v) is 7.63. The summed E-state index contributed by atoms with van der Waals surface area (Å²) in [6, 6.07) is 0. The molecule has 1 fully saturated rings. The monoisotopic (exact) mass is 189 g/mol. The molecule has 0 aliphatic carbocycles. The van der Waals surface area contributed by atoms with Gasteiger partial charge in [0, 0.05) is 5.92 Å². The highest BCUT2D eigenvalue weighted by Crippen LogP contribution is 2.25. The number of rotatable bonds is 4. The molecule has 1 aliphatic heterocycles. The fraction of sp³-hybridized carbons (Fsp3) is 0.889. The SMILES string of the molecule is O=C(O)CC(CF)C1CCNCC1. The molecule has 1 heterocycles. The molecule has 13 heavy (non-hydrogen) atoms. The average molecular weight is 189 g/mol. The van der Waals surface area contributed by atoms with Gasteiger partial charge in [-0.05, 0) is 31.8 Å². The summed E-state index contributed by atoms with van der Waals surface area (Å²) in [6.07, 6.45) is 1.78. The number of aliphatic carboxylic acids is 1. The van der Waals surface area contributed by atoms with E-state index in [-0.39, 0.29) is 18.3 Å². The second kappa shape index (κ2) is 5.17. The third-order valence-electron chi connectivity index (χ3n) is 2.69. The third kappa shape index (κ3) is 3.30. The lowest BCUT2D eigenvalue weighted by Gasteiger charge is -2.27. The van der Waals surface area contributed by atoms with Gasteiger partial charge in [0.05, 0.1) is 13.1 Å². The first-order chi connectivity index (χ1) is 6.24. The van der Waals surface area contributed by atoms with Gasteiger partial charge in [0.2, 0.25) is 0 Å². The van der Waals surface area contributed by atoms with Gasteiger partial charge in [-0.2, -0.15) is 0 Å². The summed E-state index contributed by atoms with van der Waals surface area (Å²) in [4.78, 5) is 10.4. The Bertz CT molecular complexity index is 169. The van der Waals surface area contributed by atoms with E-state index in [1.54, 1.807) is 0 Å². The molecular formula is C9H16FNO2. The summed E-state index contributed by atoms with van der Waals surface area (Å²) in [5, 5.41) is 11.7. The maximum absolute atomic E-state index is 12.5. The zero-order valence-electron chi connectivity index (χ0n) is 7.63. The Kier molecular flexibility index (Phi) is 4.15. The van der Waals surface area contributed by atoms with Crippen molar-refractivity contribution >= 4 is 5.97 Å². The summed E-state index contributed by atoms with van der Waals surface area (Å²) in [5.41, 5.74) is 0. The minimum Gasteiger partial charge on any atom is -0.481 e. The molecule has 76 valence electrons. The molecule has 1 atom stereocenters. The highest BCUT2D eigenvalue weighted by molar-refractivity contribution is 5.67. The van der Waals surface area contributed by atoms with Gasteiger partial charge in [0.1, 0.15) is 0 Å². The van der Waals surface area contributed by atoms with Crippen LogP contribution < -0.4 is 5.32 Å². The van der Waals surface area contributed by atoms with Gasteiger partial charge in [-0.3, -0.25) is 9.18 Å². The van der Waals surface area contributed by atoms with Crippen LogP contribution in [-0.2, 0) is 4.79 Å². The van der Waals surface area contributed by atoms with E-state index in [1.165, 1.54) is 0 Å². The molecule has 0 amide bonds. The molecule has 0 radical (unpaired) electrons.